The Kier molecular flexibility index (Phi) is 6.59. The molecular formula is C22H18FN3O6S. The first-order chi connectivity index (χ1) is 15.9. The fourth-order valence-corrected chi connectivity index (χ4v) is 3.98. The van der Waals surface area contributed by atoms with Crippen LogP contribution in [0.3, 0.4) is 0 Å². The Morgan fingerprint density at radius 2 is 1.88 bits per heavy atom. The number of hydrogen-bond acceptors (Lipinski definition) is 7. The number of halogens is 1. The Morgan fingerprint density at radius 3 is 2.70 bits per heavy atom. The van der Waals surface area contributed by atoms with Crippen molar-refractivity contribution in [1.82, 2.24) is 15.5 Å². The summed E-state index contributed by atoms with van der Waals surface area (Å²) < 4.78 is 24.1. The molecule has 0 spiro atoms. The molecule has 1 saturated heterocycles. The quantitative estimate of drug-likeness (QED) is 0.595. The second-order valence-corrected chi connectivity index (χ2v) is 7.95. The maximum Gasteiger partial charge on any atom is 0.293 e. The van der Waals surface area contributed by atoms with Gasteiger partial charge in [-0.3, -0.25) is 24.1 Å². The van der Waals surface area contributed by atoms with Crippen molar-refractivity contribution < 1.29 is 33.0 Å². The molecule has 2 aromatic rings. The lowest BCUT2D eigenvalue weighted by Gasteiger charge is -2.13. The van der Waals surface area contributed by atoms with Gasteiger partial charge in [-0.25, -0.2) is 4.39 Å². The van der Waals surface area contributed by atoms with Crippen LogP contribution in [0.25, 0.3) is 6.08 Å². The van der Waals surface area contributed by atoms with Gasteiger partial charge in [-0.2, -0.15) is 0 Å². The third-order valence-electron chi connectivity index (χ3n) is 4.75. The van der Waals surface area contributed by atoms with Gasteiger partial charge in [-0.15, -0.1) is 0 Å². The van der Waals surface area contributed by atoms with Crippen LogP contribution in [0, 0.1) is 5.82 Å². The van der Waals surface area contributed by atoms with Gasteiger partial charge in [-0.05, 0) is 47.7 Å². The van der Waals surface area contributed by atoms with Gasteiger partial charge < -0.3 is 20.1 Å². The molecule has 2 heterocycles. The molecule has 2 aliphatic heterocycles. The van der Waals surface area contributed by atoms with E-state index in [1.165, 1.54) is 18.2 Å². The summed E-state index contributed by atoms with van der Waals surface area (Å²) in [6.07, 6.45) is 1.59. The highest BCUT2D eigenvalue weighted by molar-refractivity contribution is 8.18. The van der Waals surface area contributed by atoms with Gasteiger partial charge in [0.15, 0.2) is 11.5 Å². The van der Waals surface area contributed by atoms with E-state index in [-0.39, 0.29) is 36.9 Å². The van der Waals surface area contributed by atoms with Crippen molar-refractivity contribution in [3.05, 3.63) is 64.3 Å². The van der Waals surface area contributed by atoms with Crippen molar-refractivity contribution in [1.29, 1.82) is 0 Å². The zero-order chi connectivity index (χ0) is 23.4. The van der Waals surface area contributed by atoms with E-state index in [0.29, 0.717) is 17.1 Å². The predicted molar refractivity (Wildman–Crippen MR) is 117 cm³/mol. The molecule has 2 aromatic carbocycles. The maximum atomic E-state index is 13.6. The third-order valence-corrected chi connectivity index (χ3v) is 5.66. The summed E-state index contributed by atoms with van der Waals surface area (Å²) in [4.78, 5) is 50.0. The lowest BCUT2D eigenvalue weighted by atomic mass is 10.2. The van der Waals surface area contributed by atoms with Gasteiger partial charge in [0, 0.05) is 13.1 Å². The van der Waals surface area contributed by atoms with E-state index < -0.39 is 28.8 Å². The van der Waals surface area contributed by atoms with Gasteiger partial charge in [0.1, 0.15) is 5.82 Å². The van der Waals surface area contributed by atoms with Crippen LogP contribution in [0.5, 0.6) is 11.5 Å². The molecule has 0 unspecified atom stereocenters. The van der Waals surface area contributed by atoms with Crippen molar-refractivity contribution in [2.24, 2.45) is 0 Å². The van der Waals surface area contributed by atoms with Gasteiger partial charge in [-0.1, -0.05) is 18.2 Å². The minimum atomic E-state index is -0.720. The lowest BCUT2D eigenvalue weighted by Crippen LogP contribution is -2.41. The van der Waals surface area contributed by atoms with Crippen LogP contribution < -0.4 is 20.1 Å². The van der Waals surface area contributed by atoms with Crippen molar-refractivity contribution >= 4 is 40.8 Å². The number of nitrogens with one attached hydrogen (secondary N) is 2. The molecule has 0 aliphatic carbocycles. The van der Waals surface area contributed by atoms with E-state index in [1.54, 1.807) is 24.3 Å². The predicted octanol–water partition coefficient (Wildman–Crippen LogP) is 2.14. The van der Waals surface area contributed by atoms with Crippen LogP contribution in [0.4, 0.5) is 9.18 Å². The largest absolute Gasteiger partial charge is 0.454 e. The van der Waals surface area contributed by atoms with E-state index in [4.69, 9.17) is 9.47 Å². The van der Waals surface area contributed by atoms with E-state index in [2.05, 4.69) is 10.6 Å². The molecule has 9 nitrogen and oxygen atoms in total. The highest BCUT2D eigenvalue weighted by Gasteiger charge is 2.34. The number of carbonyl (C=O) groups excluding carboxylic acids is 4. The average molecular weight is 471 g/mol. The summed E-state index contributed by atoms with van der Waals surface area (Å²) in [5.41, 5.74) is 0.515. The molecule has 0 bridgehead atoms. The zero-order valence-corrected chi connectivity index (χ0v) is 17.9. The molecule has 170 valence electrons. The van der Waals surface area contributed by atoms with Crippen LogP contribution in [0.2, 0.25) is 0 Å². The number of amides is 4. The van der Waals surface area contributed by atoms with Gasteiger partial charge in [0.25, 0.3) is 17.1 Å². The first-order valence-corrected chi connectivity index (χ1v) is 10.7. The van der Waals surface area contributed by atoms with Crippen molar-refractivity contribution in [2.75, 3.05) is 26.4 Å². The fraction of sp³-hybridized carbons (Fsp3) is 0.182. The maximum absolute atomic E-state index is 13.6. The number of benzene rings is 2. The van der Waals surface area contributed by atoms with E-state index in [0.717, 1.165) is 22.7 Å². The summed E-state index contributed by atoms with van der Waals surface area (Å²) in [5, 5.41) is 4.38. The molecule has 1 fully saturated rings. The monoisotopic (exact) mass is 471 g/mol. The first-order valence-electron chi connectivity index (χ1n) is 9.87. The van der Waals surface area contributed by atoms with Crippen LogP contribution in [-0.4, -0.2) is 54.3 Å². The lowest BCUT2D eigenvalue weighted by molar-refractivity contribution is -0.124. The van der Waals surface area contributed by atoms with E-state index in [9.17, 15) is 23.6 Å². The minimum Gasteiger partial charge on any atom is -0.454 e. The Bertz CT molecular complexity index is 1170. The molecule has 4 rings (SSSR count). The molecule has 11 heteroatoms. The Hall–Kier alpha value is -3.86. The summed E-state index contributed by atoms with van der Waals surface area (Å²) in [5.74, 6) is -1.24. The standard InChI is InChI=1S/C22H18FN3O6S/c23-15-4-2-1-3-14(15)20(28)25-11-19(27)24-7-8-26-21(29)18(33-22(26)30)10-13-5-6-16-17(9-13)32-12-31-16/h1-6,9-10H,7-8,11-12H2,(H,24,27)(H,25,28)/b18-10+. The molecule has 0 aromatic heterocycles. The number of rotatable bonds is 7. The molecule has 0 saturated carbocycles. The molecule has 4 amide bonds. The minimum absolute atomic E-state index is 0.00372. The Morgan fingerprint density at radius 1 is 1.09 bits per heavy atom. The second-order valence-electron chi connectivity index (χ2n) is 6.96. The number of fused-ring (bicyclic) bond motifs is 1. The number of nitrogens with zero attached hydrogens (tertiary/aromatic N) is 1. The molecule has 2 N–H and O–H groups in total. The smallest absolute Gasteiger partial charge is 0.293 e. The van der Waals surface area contributed by atoms with Gasteiger partial charge in [0.05, 0.1) is 17.0 Å². The second kappa shape index (κ2) is 9.74. The first kappa shape index (κ1) is 22.3. The third kappa shape index (κ3) is 5.14. The normalized spacial score (nSPS) is 15.8. The molecule has 2 aliphatic rings. The fourth-order valence-electron chi connectivity index (χ4n) is 3.12. The van der Waals surface area contributed by atoms with Crippen LogP contribution >= 0.6 is 11.8 Å². The van der Waals surface area contributed by atoms with Gasteiger partial charge >= 0.3 is 0 Å². The summed E-state index contributed by atoms with van der Waals surface area (Å²) in [6, 6.07) is 10.6. The number of ether oxygens (including phenoxy) is 2. The number of carbonyl (C=O) groups is 4. The van der Waals surface area contributed by atoms with E-state index in [1.807, 2.05) is 0 Å². The topological polar surface area (TPSA) is 114 Å². The van der Waals surface area contributed by atoms with Crippen molar-refractivity contribution in [3.8, 4) is 11.5 Å². The van der Waals surface area contributed by atoms with Crippen LogP contribution in [0.1, 0.15) is 15.9 Å². The SMILES string of the molecule is O=C(CNC(=O)c1ccccc1F)NCCN1C(=O)S/C(=C/c2ccc3c(c2)OCO3)C1=O. The molecule has 33 heavy (non-hydrogen) atoms. The number of imide groups is 1. The Labute approximate surface area is 191 Å². The van der Waals surface area contributed by atoms with E-state index >= 15 is 0 Å². The number of hydrogen-bond donors (Lipinski definition) is 2. The highest BCUT2D eigenvalue weighted by Crippen LogP contribution is 2.36. The Balaban J connectivity index is 1.26. The van der Waals surface area contributed by atoms with Gasteiger partial charge in [0.2, 0.25) is 12.7 Å². The molecular weight excluding hydrogens is 453 g/mol. The van der Waals surface area contributed by atoms with Crippen molar-refractivity contribution in [3.63, 3.8) is 0 Å². The highest BCUT2D eigenvalue weighted by atomic mass is 32.2. The molecule has 0 radical (unpaired) electrons. The van der Waals surface area contributed by atoms with Crippen LogP contribution in [0.15, 0.2) is 47.4 Å². The summed E-state index contributed by atoms with van der Waals surface area (Å²) in [7, 11) is 0. The summed E-state index contributed by atoms with van der Waals surface area (Å²) in [6.45, 7) is -0.271. The molecule has 0 atom stereocenters. The number of thioether (sulfide) groups is 1. The summed E-state index contributed by atoms with van der Waals surface area (Å²) >= 11 is 0.803. The average Bonchev–Trinajstić information content (AvgIpc) is 3.37. The van der Waals surface area contributed by atoms with Crippen LogP contribution in [-0.2, 0) is 9.59 Å². The zero-order valence-electron chi connectivity index (χ0n) is 17.1. The van der Waals surface area contributed by atoms with Crippen molar-refractivity contribution in [2.45, 2.75) is 0 Å².